The summed E-state index contributed by atoms with van der Waals surface area (Å²) >= 11 is 0. The summed E-state index contributed by atoms with van der Waals surface area (Å²) < 4.78 is 0. The smallest absolute Gasteiger partial charge is 0.130 e. The van der Waals surface area contributed by atoms with Gasteiger partial charge in [0.1, 0.15) is 11.6 Å². The molecule has 1 aliphatic heterocycles. The molecule has 4 nitrogen and oxygen atoms in total. The Hall–Kier alpha value is -1.29. The van der Waals surface area contributed by atoms with Crippen LogP contribution in [-0.4, -0.2) is 50.2 Å². The summed E-state index contributed by atoms with van der Waals surface area (Å²) in [6.45, 7) is 2.36. The van der Waals surface area contributed by atoms with Crippen LogP contribution in [0.5, 0.6) is 0 Å². The molecule has 1 aromatic heterocycles. The maximum Gasteiger partial charge on any atom is 0.130 e. The molecule has 1 N–H and O–H groups in total. The SMILES string of the molecule is CNc1cccc(N(C)C2CCN(C)CC2)n1. The fourth-order valence-electron chi connectivity index (χ4n) is 2.33. The van der Waals surface area contributed by atoms with E-state index in [-0.39, 0.29) is 0 Å². The number of nitrogens with zero attached hydrogens (tertiary/aromatic N) is 3. The highest BCUT2D eigenvalue weighted by Gasteiger charge is 2.21. The lowest BCUT2D eigenvalue weighted by molar-refractivity contribution is 0.252. The Kier molecular flexibility index (Phi) is 3.84. The Bertz CT molecular complexity index is 358. The molecule has 0 bridgehead atoms. The first-order chi connectivity index (χ1) is 8.20. The van der Waals surface area contributed by atoms with Crippen molar-refractivity contribution in [2.45, 2.75) is 18.9 Å². The lowest BCUT2D eigenvalue weighted by atomic mass is 10.0. The predicted molar refractivity (Wildman–Crippen MR) is 72.7 cm³/mol. The van der Waals surface area contributed by atoms with Crippen LogP contribution in [0.1, 0.15) is 12.8 Å². The molecule has 0 amide bonds. The van der Waals surface area contributed by atoms with Gasteiger partial charge in [-0.2, -0.15) is 0 Å². The number of piperidine rings is 1. The van der Waals surface area contributed by atoms with Gasteiger partial charge in [-0.25, -0.2) is 4.98 Å². The molecular weight excluding hydrogens is 212 g/mol. The van der Waals surface area contributed by atoms with Crippen molar-refractivity contribution in [3.63, 3.8) is 0 Å². The van der Waals surface area contributed by atoms with Crippen molar-refractivity contribution in [3.05, 3.63) is 18.2 Å². The van der Waals surface area contributed by atoms with Crippen LogP contribution in [0.15, 0.2) is 18.2 Å². The summed E-state index contributed by atoms with van der Waals surface area (Å²) in [6, 6.07) is 6.75. The third kappa shape index (κ3) is 2.88. The molecule has 1 saturated heterocycles. The Morgan fingerprint density at radius 1 is 1.35 bits per heavy atom. The maximum atomic E-state index is 4.59. The Morgan fingerprint density at radius 3 is 2.71 bits per heavy atom. The number of rotatable bonds is 3. The van der Waals surface area contributed by atoms with Crippen LogP contribution in [0.25, 0.3) is 0 Å². The van der Waals surface area contributed by atoms with E-state index < -0.39 is 0 Å². The Morgan fingerprint density at radius 2 is 2.06 bits per heavy atom. The molecule has 1 fully saturated rings. The second-order valence-corrected chi connectivity index (χ2v) is 4.78. The number of aromatic nitrogens is 1. The van der Waals surface area contributed by atoms with Crippen molar-refractivity contribution in [2.75, 3.05) is 44.4 Å². The molecule has 2 heterocycles. The molecule has 0 radical (unpaired) electrons. The predicted octanol–water partition coefficient (Wildman–Crippen LogP) is 1.65. The number of anilines is 2. The number of likely N-dealkylation sites (tertiary alicyclic amines) is 1. The minimum Gasteiger partial charge on any atom is -0.373 e. The van der Waals surface area contributed by atoms with Crippen molar-refractivity contribution >= 4 is 11.6 Å². The van der Waals surface area contributed by atoms with Gasteiger partial charge in [0, 0.05) is 20.1 Å². The van der Waals surface area contributed by atoms with Crippen molar-refractivity contribution in [1.82, 2.24) is 9.88 Å². The highest BCUT2D eigenvalue weighted by Crippen LogP contribution is 2.20. The lowest BCUT2D eigenvalue weighted by Crippen LogP contribution is -2.42. The Balaban J connectivity index is 2.05. The van der Waals surface area contributed by atoms with Crippen LogP contribution >= 0.6 is 0 Å². The van der Waals surface area contributed by atoms with Gasteiger partial charge in [0.15, 0.2) is 0 Å². The van der Waals surface area contributed by atoms with E-state index in [1.54, 1.807) is 0 Å². The summed E-state index contributed by atoms with van der Waals surface area (Å²) in [6.07, 6.45) is 2.44. The zero-order valence-electron chi connectivity index (χ0n) is 11.0. The van der Waals surface area contributed by atoms with Gasteiger partial charge < -0.3 is 15.1 Å². The van der Waals surface area contributed by atoms with Crippen molar-refractivity contribution in [1.29, 1.82) is 0 Å². The van der Waals surface area contributed by atoms with Gasteiger partial charge in [-0.3, -0.25) is 0 Å². The van der Waals surface area contributed by atoms with E-state index in [0.29, 0.717) is 6.04 Å². The molecule has 0 saturated carbocycles. The largest absolute Gasteiger partial charge is 0.373 e. The second kappa shape index (κ2) is 5.36. The average Bonchev–Trinajstić information content (AvgIpc) is 2.39. The van der Waals surface area contributed by atoms with Crippen molar-refractivity contribution in [3.8, 4) is 0 Å². The number of pyridine rings is 1. The van der Waals surface area contributed by atoms with E-state index in [0.717, 1.165) is 11.6 Å². The fraction of sp³-hybridized carbons (Fsp3) is 0.615. The molecule has 0 atom stereocenters. The standard InChI is InChI=1S/C13H22N4/c1-14-12-5-4-6-13(15-12)17(3)11-7-9-16(2)10-8-11/h4-6,11H,7-10H2,1-3H3,(H,14,15). The molecule has 94 valence electrons. The molecule has 0 aliphatic carbocycles. The zero-order chi connectivity index (χ0) is 12.3. The fourth-order valence-corrected chi connectivity index (χ4v) is 2.33. The molecule has 0 aromatic carbocycles. The van der Waals surface area contributed by atoms with Gasteiger partial charge in [0.05, 0.1) is 0 Å². The summed E-state index contributed by atoms with van der Waals surface area (Å²) in [4.78, 5) is 9.29. The average molecular weight is 234 g/mol. The summed E-state index contributed by atoms with van der Waals surface area (Å²) in [5.41, 5.74) is 0. The van der Waals surface area contributed by atoms with Crippen LogP contribution in [0.4, 0.5) is 11.6 Å². The van der Waals surface area contributed by atoms with Crippen LogP contribution in [-0.2, 0) is 0 Å². The molecule has 2 rings (SSSR count). The monoisotopic (exact) mass is 234 g/mol. The summed E-state index contributed by atoms with van der Waals surface area (Å²) in [5, 5.41) is 3.09. The van der Waals surface area contributed by atoms with E-state index >= 15 is 0 Å². The molecule has 1 aliphatic rings. The Labute approximate surface area is 104 Å². The van der Waals surface area contributed by atoms with Crippen LogP contribution < -0.4 is 10.2 Å². The van der Waals surface area contributed by atoms with Crippen LogP contribution in [0.2, 0.25) is 0 Å². The minimum atomic E-state index is 0.616. The lowest BCUT2D eigenvalue weighted by Gasteiger charge is -2.35. The number of nitrogens with one attached hydrogen (secondary N) is 1. The van der Waals surface area contributed by atoms with Crippen LogP contribution in [0.3, 0.4) is 0 Å². The molecular formula is C13H22N4. The highest BCUT2D eigenvalue weighted by atomic mass is 15.2. The number of hydrogen-bond donors (Lipinski definition) is 1. The highest BCUT2D eigenvalue weighted by molar-refractivity contribution is 5.46. The maximum absolute atomic E-state index is 4.59. The van der Waals surface area contributed by atoms with Gasteiger partial charge in [0.2, 0.25) is 0 Å². The third-order valence-corrected chi connectivity index (χ3v) is 3.59. The van der Waals surface area contributed by atoms with Crippen LogP contribution in [0, 0.1) is 0 Å². The summed E-state index contributed by atoms with van der Waals surface area (Å²) in [5.74, 6) is 1.99. The van der Waals surface area contributed by atoms with E-state index in [2.05, 4.69) is 46.3 Å². The van der Waals surface area contributed by atoms with Crippen molar-refractivity contribution in [2.24, 2.45) is 0 Å². The first-order valence-electron chi connectivity index (χ1n) is 6.27. The van der Waals surface area contributed by atoms with Gasteiger partial charge in [-0.05, 0) is 45.1 Å². The summed E-state index contributed by atoms with van der Waals surface area (Å²) in [7, 11) is 6.25. The number of hydrogen-bond acceptors (Lipinski definition) is 4. The van der Waals surface area contributed by atoms with E-state index in [4.69, 9.17) is 0 Å². The first kappa shape index (κ1) is 12.2. The topological polar surface area (TPSA) is 31.4 Å². The van der Waals surface area contributed by atoms with E-state index in [9.17, 15) is 0 Å². The van der Waals surface area contributed by atoms with E-state index in [1.807, 2.05) is 13.1 Å². The molecule has 0 unspecified atom stereocenters. The normalized spacial score (nSPS) is 18.1. The van der Waals surface area contributed by atoms with Crippen molar-refractivity contribution < 1.29 is 0 Å². The molecule has 0 spiro atoms. The quantitative estimate of drug-likeness (QED) is 0.862. The van der Waals surface area contributed by atoms with Gasteiger partial charge in [-0.15, -0.1) is 0 Å². The third-order valence-electron chi connectivity index (χ3n) is 3.59. The molecule has 17 heavy (non-hydrogen) atoms. The zero-order valence-corrected chi connectivity index (χ0v) is 11.0. The van der Waals surface area contributed by atoms with E-state index in [1.165, 1.54) is 25.9 Å². The first-order valence-corrected chi connectivity index (χ1v) is 6.27. The van der Waals surface area contributed by atoms with Gasteiger partial charge >= 0.3 is 0 Å². The minimum absolute atomic E-state index is 0.616. The second-order valence-electron chi connectivity index (χ2n) is 4.78. The molecule has 1 aromatic rings. The van der Waals surface area contributed by atoms with Gasteiger partial charge in [0.25, 0.3) is 0 Å². The van der Waals surface area contributed by atoms with Gasteiger partial charge in [-0.1, -0.05) is 6.07 Å². The molecule has 4 heteroatoms.